The number of rotatable bonds is 7. The second kappa shape index (κ2) is 10.4. The number of fused-ring (bicyclic) bond motifs is 2. The van der Waals surface area contributed by atoms with Gasteiger partial charge in [-0.15, -0.1) is 0 Å². The Hall–Kier alpha value is -3.62. The summed E-state index contributed by atoms with van der Waals surface area (Å²) in [6.07, 6.45) is 2.35. The molecule has 190 valence electrons. The molecule has 0 radical (unpaired) electrons. The number of aromatic nitrogens is 2. The number of benzene rings is 3. The van der Waals surface area contributed by atoms with Gasteiger partial charge in [-0.2, -0.15) is 5.10 Å². The number of hydrogen-bond donors (Lipinski definition) is 1. The number of carbonyl (C=O) groups is 2. The van der Waals surface area contributed by atoms with Crippen LogP contribution in [0.4, 0.5) is 4.39 Å². The zero-order chi connectivity index (χ0) is 26.1. The Bertz CT molecular complexity index is 1510. The third-order valence-electron chi connectivity index (χ3n) is 6.42. The number of halogens is 3. The average Bonchev–Trinajstić information content (AvgIpc) is 3.27. The lowest BCUT2D eigenvalue weighted by Crippen LogP contribution is -2.41. The summed E-state index contributed by atoms with van der Waals surface area (Å²) in [5.41, 5.74) is 2.87. The van der Waals surface area contributed by atoms with E-state index in [1.54, 1.807) is 52.2 Å². The smallest absolute Gasteiger partial charge is 0.341 e. The van der Waals surface area contributed by atoms with E-state index in [4.69, 9.17) is 33.0 Å². The number of hydrogen-bond acceptors (Lipinski definition) is 4. The summed E-state index contributed by atoms with van der Waals surface area (Å²) in [7, 11) is 0. The SMILES string of the molecule is O=C(O)COc1ccc(Cl)cc1C1c2ccc(F)cc2CCN1C(=O)CCn1ncc2ccc(Cl)cc21. The molecular formula is C27H22Cl2FN3O4. The van der Waals surface area contributed by atoms with Crippen LogP contribution in [-0.4, -0.2) is 44.8 Å². The highest BCUT2D eigenvalue weighted by Crippen LogP contribution is 2.41. The normalized spacial score (nSPS) is 15.0. The fraction of sp³-hybridized carbons (Fsp3) is 0.222. The van der Waals surface area contributed by atoms with Crippen LogP contribution in [0.1, 0.15) is 29.2 Å². The minimum absolute atomic E-state index is 0.144. The first-order chi connectivity index (χ1) is 17.8. The molecule has 7 nitrogen and oxygen atoms in total. The zero-order valence-corrected chi connectivity index (χ0v) is 21.0. The van der Waals surface area contributed by atoms with Gasteiger partial charge < -0.3 is 14.7 Å². The molecule has 0 fully saturated rings. The highest BCUT2D eigenvalue weighted by molar-refractivity contribution is 6.31. The quantitative estimate of drug-likeness (QED) is 0.333. The summed E-state index contributed by atoms with van der Waals surface area (Å²) in [5.74, 6) is -1.35. The Morgan fingerprint density at radius 3 is 2.65 bits per heavy atom. The van der Waals surface area contributed by atoms with E-state index in [0.717, 1.165) is 22.0 Å². The summed E-state index contributed by atoms with van der Waals surface area (Å²) < 4.78 is 21.3. The van der Waals surface area contributed by atoms with Gasteiger partial charge >= 0.3 is 5.97 Å². The van der Waals surface area contributed by atoms with Crippen molar-refractivity contribution in [3.8, 4) is 5.75 Å². The molecule has 37 heavy (non-hydrogen) atoms. The lowest BCUT2D eigenvalue weighted by Gasteiger charge is -2.38. The van der Waals surface area contributed by atoms with Gasteiger partial charge in [0.15, 0.2) is 6.61 Å². The second-order valence-corrected chi connectivity index (χ2v) is 9.64. The molecule has 1 aromatic heterocycles. The predicted octanol–water partition coefficient (Wildman–Crippen LogP) is 5.51. The molecule has 0 bridgehead atoms. The molecule has 0 spiro atoms. The van der Waals surface area contributed by atoms with Crippen LogP contribution in [0, 0.1) is 5.82 Å². The van der Waals surface area contributed by atoms with Gasteiger partial charge in [-0.25, -0.2) is 9.18 Å². The monoisotopic (exact) mass is 541 g/mol. The van der Waals surface area contributed by atoms with Crippen LogP contribution in [0.25, 0.3) is 10.9 Å². The molecule has 1 amide bonds. The van der Waals surface area contributed by atoms with Crippen molar-refractivity contribution in [1.29, 1.82) is 0 Å². The molecule has 4 aromatic rings. The maximum Gasteiger partial charge on any atom is 0.341 e. The Balaban J connectivity index is 1.49. The summed E-state index contributed by atoms with van der Waals surface area (Å²) in [6, 6.07) is 14.1. The lowest BCUT2D eigenvalue weighted by molar-refractivity contribution is -0.139. The van der Waals surface area contributed by atoms with Crippen LogP contribution in [0.5, 0.6) is 5.75 Å². The van der Waals surface area contributed by atoms with E-state index < -0.39 is 18.6 Å². The zero-order valence-electron chi connectivity index (χ0n) is 19.5. The van der Waals surface area contributed by atoms with Crippen molar-refractivity contribution in [2.45, 2.75) is 25.4 Å². The molecule has 5 rings (SSSR count). The maximum absolute atomic E-state index is 14.1. The van der Waals surface area contributed by atoms with E-state index in [9.17, 15) is 14.0 Å². The van der Waals surface area contributed by atoms with Crippen molar-refractivity contribution in [3.63, 3.8) is 0 Å². The van der Waals surface area contributed by atoms with E-state index in [2.05, 4.69) is 5.10 Å². The Morgan fingerprint density at radius 2 is 1.84 bits per heavy atom. The number of carboxylic acid groups (broad SMARTS) is 1. The van der Waals surface area contributed by atoms with E-state index >= 15 is 0 Å². The van der Waals surface area contributed by atoms with Crippen molar-refractivity contribution in [2.24, 2.45) is 0 Å². The molecule has 1 aliphatic heterocycles. The number of carboxylic acids is 1. The molecule has 1 aliphatic rings. The van der Waals surface area contributed by atoms with Gasteiger partial charge in [0, 0.05) is 34.0 Å². The highest BCUT2D eigenvalue weighted by atomic mass is 35.5. The average molecular weight is 542 g/mol. The van der Waals surface area contributed by atoms with E-state index in [1.165, 1.54) is 12.1 Å². The maximum atomic E-state index is 14.1. The summed E-state index contributed by atoms with van der Waals surface area (Å²) in [5, 5.41) is 15.4. The van der Waals surface area contributed by atoms with Gasteiger partial charge in [-0.05, 0) is 66.1 Å². The molecular weight excluding hydrogens is 520 g/mol. The van der Waals surface area contributed by atoms with Gasteiger partial charge in [0.1, 0.15) is 11.6 Å². The third kappa shape index (κ3) is 5.26. The third-order valence-corrected chi connectivity index (χ3v) is 6.89. The van der Waals surface area contributed by atoms with Crippen molar-refractivity contribution in [2.75, 3.05) is 13.2 Å². The molecule has 2 heterocycles. The number of aliphatic carboxylic acids is 1. The number of carbonyl (C=O) groups excluding carboxylic acids is 1. The van der Waals surface area contributed by atoms with Crippen molar-refractivity contribution in [1.82, 2.24) is 14.7 Å². The molecule has 0 aliphatic carbocycles. The Kier molecular flexibility index (Phi) is 7.04. The van der Waals surface area contributed by atoms with Crippen LogP contribution < -0.4 is 4.74 Å². The van der Waals surface area contributed by atoms with Gasteiger partial charge in [0.2, 0.25) is 5.91 Å². The van der Waals surface area contributed by atoms with Crippen LogP contribution in [-0.2, 0) is 22.6 Å². The first-order valence-corrected chi connectivity index (χ1v) is 12.4. The molecule has 3 aromatic carbocycles. The molecule has 0 saturated heterocycles. The van der Waals surface area contributed by atoms with E-state index in [1.807, 2.05) is 6.07 Å². The summed E-state index contributed by atoms with van der Waals surface area (Å²) in [4.78, 5) is 26.5. The van der Waals surface area contributed by atoms with Gasteiger partial charge in [-0.1, -0.05) is 29.3 Å². The van der Waals surface area contributed by atoms with Gasteiger partial charge in [-0.3, -0.25) is 9.48 Å². The fourth-order valence-corrected chi connectivity index (χ4v) is 5.12. The predicted molar refractivity (Wildman–Crippen MR) is 138 cm³/mol. The fourth-order valence-electron chi connectivity index (χ4n) is 4.77. The van der Waals surface area contributed by atoms with Gasteiger partial charge in [0.25, 0.3) is 0 Å². The van der Waals surface area contributed by atoms with Crippen LogP contribution >= 0.6 is 23.2 Å². The molecule has 1 unspecified atom stereocenters. The highest BCUT2D eigenvalue weighted by Gasteiger charge is 2.34. The summed E-state index contributed by atoms with van der Waals surface area (Å²) >= 11 is 12.5. The standard InChI is InChI=1S/C27H22Cl2FN3O4/c28-18-3-6-24(37-15-26(35)36)22(12-18)27-21-5-4-20(30)11-16(21)7-9-32(27)25(34)8-10-33-23-13-19(29)2-1-17(23)14-31-33/h1-6,11-14,27H,7-10,15H2,(H,35,36). The Labute approximate surface area is 222 Å². The van der Waals surface area contributed by atoms with Crippen LogP contribution in [0.2, 0.25) is 10.0 Å². The topological polar surface area (TPSA) is 84.7 Å². The molecule has 1 N–H and O–H groups in total. The Morgan fingerprint density at radius 1 is 1.05 bits per heavy atom. The first kappa shape index (κ1) is 25.0. The largest absolute Gasteiger partial charge is 0.482 e. The van der Waals surface area contributed by atoms with Crippen molar-refractivity contribution >= 4 is 46.0 Å². The molecule has 0 saturated carbocycles. The van der Waals surface area contributed by atoms with Crippen molar-refractivity contribution < 1.29 is 23.8 Å². The number of ether oxygens (including phenoxy) is 1. The number of aryl methyl sites for hydroxylation is 1. The lowest BCUT2D eigenvalue weighted by atomic mass is 9.87. The van der Waals surface area contributed by atoms with E-state index in [0.29, 0.717) is 40.9 Å². The molecule has 10 heteroatoms. The second-order valence-electron chi connectivity index (χ2n) is 8.77. The minimum Gasteiger partial charge on any atom is -0.482 e. The first-order valence-electron chi connectivity index (χ1n) is 11.6. The van der Waals surface area contributed by atoms with Crippen LogP contribution in [0.3, 0.4) is 0 Å². The minimum atomic E-state index is -1.13. The van der Waals surface area contributed by atoms with E-state index in [-0.39, 0.29) is 18.1 Å². The number of amides is 1. The summed E-state index contributed by atoms with van der Waals surface area (Å²) in [6.45, 7) is 0.122. The number of nitrogens with zero attached hydrogens (tertiary/aromatic N) is 3. The van der Waals surface area contributed by atoms with Crippen LogP contribution in [0.15, 0.2) is 60.8 Å². The molecule has 1 atom stereocenters. The van der Waals surface area contributed by atoms with Gasteiger partial charge in [0.05, 0.1) is 24.3 Å². The van der Waals surface area contributed by atoms with Crippen molar-refractivity contribution in [3.05, 3.63) is 93.3 Å².